The highest BCUT2D eigenvalue weighted by molar-refractivity contribution is 5.78. The number of nitrogens with zero attached hydrogens (tertiary/aromatic N) is 3. The first kappa shape index (κ1) is 14.3. The van der Waals surface area contributed by atoms with Crippen LogP contribution in [0, 0.1) is 12.8 Å². The number of aryl methyl sites for hydroxylation is 1. The van der Waals surface area contributed by atoms with E-state index in [-0.39, 0.29) is 11.8 Å². The molecule has 0 radical (unpaired) electrons. The van der Waals surface area contributed by atoms with E-state index in [2.05, 4.69) is 20.2 Å². The number of rotatable bonds is 4. The Hall–Kier alpha value is -1.69. The van der Waals surface area contributed by atoms with Gasteiger partial charge in [0.25, 0.3) is 0 Å². The lowest BCUT2D eigenvalue weighted by molar-refractivity contribution is -0.125. The van der Waals surface area contributed by atoms with Gasteiger partial charge in [0, 0.05) is 31.5 Å². The number of ether oxygens (including phenoxy) is 1. The second kappa shape index (κ2) is 6.39. The molecule has 1 aromatic rings. The third-order valence-corrected chi connectivity index (χ3v) is 4.04. The Balaban J connectivity index is 1.63. The van der Waals surface area contributed by atoms with Gasteiger partial charge in [0.05, 0.1) is 19.1 Å². The van der Waals surface area contributed by atoms with E-state index in [1.165, 1.54) is 12.8 Å². The number of hydrogen-bond donors (Lipinski definition) is 1. The standard InChI is InChI=1S/C15H22N4O2/c1-11-8-14(19-5-2-3-6-19)18-13(17-11)9-16-15(20)12-4-7-21-10-12/h8,12H,2-7,9-10H2,1H3,(H,16,20). The largest absolute Gasteiger partial charge is 0.381 e. The van der Waals surface area contributed by atoms with E-state index in [4.69, 9.17) is 4.74 Å². The average molecular weight is 290 g/mol. The molecule has 2 saturated heterocycles. The van der Waals surface area contributed by atoms with Crippen molar-refractivity contribution in [2.24, 2.45) is 5.92 Å². The number of carbonyl (C=O) groups excluding carboxylic acids is 1. The summed E-state index contributed by atoms with van der Waals surface area (Å²) in [5.41, 5.74) is 0.945. The van der Waals surface area contributed by atoms with Gasteiger partial charge >= 0.3 is 0 Å². The molecule has 1 atom stereocenters. The first-order chi connectivity index (χ1) is 10.2. The van der Waals surface area contributed by atoms with Crippen molar-refractivity contribution in [3.05, 3.63) is 17.6 Å². The summed E-state index contributed by atoms with van der Waals surface area (Å²) in [6, 6.07) is 2.02. The van der Waals surface area contributed by atoms with Gasteiger partial charge in [0.15, 0.2) is 0 Å². The minimum atomic E-state index is -0.0205. The van der Waals surface area contributed by atoms with E-state index >= 15 is 0 Å². The summed E-state index contributed by atoms with van der Waals surface area (Å²) in [4.78, 5) is 23.3. The first-order valence-corrected chi connectivity index (χ1v) is 7.67. The van der Waals surface area contributed by atoms with Crippen LogP contribution >= 0.6 is 0 Å². The number of amides is 1. The van der Waals surface area contributed by atoms with E-state index in [9.17, 15) is 4.79 Å². The fourth-order valence-corrected chi connectivity index (χ4v) is 2.85. The molecular weight excluding hydrogens is 268 g/mol. The molecule has 114 valence electrons. The van der Waals surface area contributed by atoms with Gasteiger partial charge in [-0.2, -0.15) is 0 Å². The molecule has 2 aliphatic rings. The number of hydrogen-bond acceptors (Lipinski definition) is 5. The Morgan fingerprint density at radius 2 is 2.24 bits per heavy atom. The van der Waals surface area contributed by atoms with Crippen molar-refractivity contribution in [1.82, 2.24) is 15.3 Å². The summed E-state index contributed by atoms with van der Waals surface area (Å²) < 4.78 is 5.24. The van der Waals surface area contributed by atoms with Gasteiger partial charge < -0.3 is 15.0 Å². The van der Waals surface area contributed by atoms with Crippen molar-refractivity contribution in [3.63, 3.8) is 0 Å². The Labute approximate surface area is 124 Å². The van der Waals surface area contributed by atoms with Crippen LogP contribution in [0.2, 0.25) is 0 Å². The van der Waals surface area contributed by atoms with Gasteiger partial charge in [-0.15, -0.1) is 0 Å². The SMILES string of the molecule is Cc1cc(N2CCCC2)nc(CNC(=O)C2CCOC2)n1. The molecule has 2 fully saturated rings. The topological polar surface area (TPSA) is 67.4 Å². The summed E-state index contributed by atoms with van der Waals surface area (Å²) in [5, 5.41) is 2.92. The first-order valence-electron chi connectivity index (χ1n) is 7.67. The average Bonchev–Trinajstić information content (AvgIpc) is 3.16. The predicted octanol–water partition coefficient (Wildman–Crippen LogP) is 1.04. The van der Waals surface area contributed by atoms with Gasteiger partial charge in [-0.25, -0.2) is 9.97 Å². The summed E-state index contributed by atoms with van der Waals surface area (Å²) in [6.07, 6.45) is 3.24. The predicted molar refractivity (Wildman–Crippen MR) is 79.0 cm³/mol. The van der Waals surface area contributed by atoms with Crippen molar-refractivity contribution in [2.75, 3.05) is 31.2 Å². The normalized spacial score (nSPS) is 21.8. The number of anilines is 1. The number of nitrogens with one attached hydrogen (secondary N) is 1. The lowest BCUT2D eigenvalue weighted by atomic mass is 10.1. The second-order valence-electron chi connectivity index (χ2n) is 5.76. The van der Waals surface area contributed by atoms with Crippen LogP contribution in [0.15, 0.2) is 6.07 Å². The highest BCUT2D eigenvalue weighted by Gasteiger charge is 2.23. The van der Waals surface area contributed by atoms with Crippen molar-refractivity contribution >= 4 is 11.7 Å². The zero-order valence-electron chi connectivity index (χ0n) is 12.5. The van der Waals surface area contributed by atoms with E-state index < -0.39 is 0 Å². The van der Waals surface area contributed by atoms with Gasteiger partial charge in [0.2, 0.25) is 5.91 Å². The summed E-state index contributed by atoms with van der Waals surface area (Å²) in [7, 11) is 0. The Kier molecular flexibility index (Phi) is 4.34. The van der Waals surface area contributed by atoms with Gasteiger partial charge in [-0.3, -0.25) is 4.79 Å². The molecule has 0 aromatic carbocycles. The molecule has 6 heteroatoms. The maximum absolute atomic E-state index is 12.0. The van der Waals surface area contributed by atoms with Gasteiger partial charge in [-0.05, 0) is 26.2 Å². The number of aromatic nitrogens is 2. The molecule has 0 bridgehead atoms. The summed E-state index contributed by atoms with van der Waals surface area (Å²) in [5.74, 6) is 1.69. The zero-order chi connectivity index (χ0) is 14.7. The lowest BCUT2D eigenvalue weighted by Crippen LogP contribution is -2.31. The van der Waals surface area contributed by atoms with Crippen LogP contribution < -0.4 is 10.2 Å². The van der Waals surface area contributed by atoms with Crippen LogP contribution in [0.25, 0.3) is 0 Å². The molecule has 0 saturated carbocycles. The monoisotopic (exact) mass is 290 g/mol. The van der Waals surface area contributed by atoms with Gasteiger partial charge in [-0.1, -0.05) is 0 Å². The molecule has 1 unspecified atom stereocenters. The van der Waals surface area contributed by atoms with Crippen LogP contribution in [0.3, 0.4) is 0 Å². The Morgan fingerprint density at radius 3 is 2.95 bits per heavy atom. The van der Waals surface area contributed by atoms with Crippen LogP contribution in [0.4, 0.5) is 5.82 Å². The van der Waals surface area contributed by atoms with E-state index in [1.807, 2.05) is 13.0 Å². The molecular formula is C15H22N4O2. The highest BCUT2D eigenvalue weighted by Crippen LogP contribution is 2.18. The van der Waals surface area contributed by atoms with Crippen LogP contribution in [-0.2, 0) is 16.1 Å². The lowest BCUT2D eigenvalue weighted by Gasteiger charge is -2.17. The second-order valence-corrected chi connectivity index (χ2v) is 5.76. The molecule has 0 spiro atoms. The van der Waals surface area contributed by atoms with Crippen molar-refractivity contribution < 1.29 is 9.53 Å². The molecule has 3 heterocycles. The molecule has 1 N–H and O–H groups in total. The number of carbonyl (C=O) groups is 1. The van der Waals surface area contributed by atoms with E-state index in [0.29, 0.717) is 25.6 Å². The van der Waals surface area contributed by atoms with Crippen molar-refractivity contribution in [3.8, 4) is 0 Å². The van der Waals surface area contributed by atoms with E-state index in [1.54, 1.807) is 0 Å². The van der Waals surface area contributed by atoms with Crippen LogP contribution in [0.1, 0.15) is 30.8 Å². The highest BCUT2D eigenvalue weighted by atomic mass is 16.5. The fourth-order valence-electron chi connectivity index (χ4n) is 2.85. The third-order valence-electron chi connectivity index (χ3n) is 4.04. The summed E-state index contributed by atoms with van der Waals surface area (Å²) >= 11 is 0. The molecule has 1 aromatic heterocycles. The Bertz CT molecular complexity index is 508. The molecule has 1 amide bonds. The minimum Gasteiger partial charge on any atom is -0.381 e. The van der Waals surface area contributed by atoms with Crippen molar-refractivity contribution in [2.45, 2.75) is 32.7 Å². The molecule has 21 heavy (non-hydrogen) atoms. The quantitative estimate of drug-likeness (QED) is 0.897. The minimum absolute atomic E-state index is 0.0205. The maximum Gasteiger partial charge on any atom is 0.225 e. The molecule has 0 aliphatic carbocycles. The third kappa shape index (κ3) is 3.50. The summed E-state index contributed by atoms with van der Waals surface area (Å²) in [6.45, 7) is 5.68. The van der Waals surface area contributed by atoms with E-state index in [0.717, 1.165) is 31.0 Å². The van der Waals surface area contributed by atoms with Crippen LogP contribution in [-0.4, -0.2) is 42.2 Å². The molecule has 2 aliphatic heterocycles. The smallest absolute Gasteiger partial charge is 0.225 e. The maximum atomic E-state index is 12.0. The van der Waals surface area contributed by atoms with Gasteiger partial charge in [0.1, 0.15) is 11.6 Å². The molecule has 3 rings (SSSR count). The van der Waals surface area contributed by atoms with Crippen molar-refractivity contribution in [1.29, 1.82) is 0 Å². The molecule has 6 nitrogen and oxygen atoms in total. The Morgan fingerprint density at radius 1 is 1.43 bits per heavy atom. The zero-order valence-corrected chi connectivity index (χ0v) is 12.5. The fraction of sp³-hybridized carbons (Fsp3) is 0.667. The van der Waals surface area contributed by atoms with Crippen LogP contribution in [0.5, 0.6) is 0 Å².